The van der Waals surface area contributed by atoms with Crippen molar-refractivity contribution in [2.24, 2.45) is 46.8 Å². The van der Waals surface area contributed by atoms with Gasteiger partial charge in [0.1, 0.15) is 18.6 Å². The van der Waals surface area contributed by atoms with E-state index in [1.807, 2.05) is 45.2 Å². The zero-order valence-corrected chi connectivity index (χ0v) is 44.2. The number of carbonyl (C=O) groups excluding carboxylic acids is 1. The van der Waals surface area contributed by atoms with Crippen LogP contribution < -0.4 is 10.6 Å². The van der Waals surface area contributed by atoms with Crippen molar-refractivity contribution in [3.05, 3.63) is 154 Å². The number of allylic oxidation sites excluding steroid dienone is 9. The molecule has 72 heavy (non-hydrogen) atoms. The van der Waals surface area contributed by atoms with Crippen molar-refractivity contribution < 1.29 is 39.8 Å². The molecule has 2 aliphatic heterocycles. The average molecular weight is 987 g/mol. The van der Waals surface area contributed by atoms with Gasteiger partial charge in [-0.25, -0.2) is 0 Å². The number of methoxy groups -OCH3 is 1. The Hall–Kier alpha value is -4.07. The van der Waals surface area contributed by atoms with E-state index in [9.17, 15) is 30.3 Å². The molecule has 2 heterocycles. The van der Waals surface area contributed by atoms with Crippen LogP contribution in [0.4, 0.5) is 0 Å². The highest BCUT2D eigenvalue weighted by molar-refractivity contribution is 5.74. The van der Waals surface area contributed by atoms with Gasteiger partial charge in [-0.05, 0) is 162 Å². The molecule has 392 valence electrons. The molecule has 2 aromatic carbocycles. The van der Waals surface area contributed by atoms with Gasteiger partial charge in [0, 0.05) is 49.0 Å². The number of ether oxygens (including phenoxy) is 2. The molecule has 10 heteroatoms. The summed E-state index contributed by atoms with van der Waals surface area (Å²) in [6.07, 6.45) is 19.9. The molecule has 10 nitrogen and oxygen atoms in total. The van der Waals surface area contributed by atoms with Crippen LogP contribution in [0, 0.1) is 46.8 Å². The Labute approximate surface area is 430 Å². The molecule has 4 bridgehead atoms. The minimum absolute atomic E-state index is 0.0512. The van der Waals surface area contributed by atoms with Crippen LogP contribution in [0.25, 0.3) is 0 Å². The van der Waals surface area contributed by atoms with Gasteiger partial charge in [-0.3, -0.25) is 10.1 Å². The molecule has 0 radical (unpaired) electrons. The minimum Gasteiger partial charge on any atom is -0.396 e. The summed E-state index contributed by atoms with van der Waals surface area (Å²) in [7, 11) is 3.58. The van der Waals surface area contributed by atoms with E-state index in [2.05, 4.69) is 110 Å². The molecule has 0 aromatic heterocycles. The maximum atomic E-state index is 13.4. The van der Waals surface area contributed by atoms with Gasteiger partial charge >= 0.3 is 0 Å². The molecule has 7 N–H and O–H groups in total. The van der Waals surface area contributed by atoms with E-state index < -0.39 is 47.2 Å². The summed E-state index contributed by atoms with van der Waals surface area (Å²) in [6.45, 7) is 15.9. The highest BCUT2D eigenvalue weighted by Crippen LogP contribution is 2.67. The van der Waals surface area contributed by atoms with E-state index in [0.29, 0.717) is 63.7 Å². The third-order valence-electron chi connectivity index (χ3n) is 17.6. The van der Waals surface area contributed by atoms with Gasteiger partial charge in [0.15, 0.2) is 6.29 Å². The molecule has 0 amide bonds. The van der Waals surface area contributed by atoms with E-state index in [-0.39, 0.29) is 48.0 Å². The normalized spacial score (nSPS) is 35.8. The third kappa shape index (κ3) is 11.9. The molecule has 2 aromatic rings. The molecule has 14 atom stereocenters. The minimum atomic E-state index is -1.30. The summed E-state index contributed by atoms with van der Waals surface area (Å²) in [6, 6.07) is 19.5. The number of nitrogens with one attached hydrogen (secondary N) is 2. The van der Waals surface area contributed by atoms with Crippen molar-refractivity contribution >= 4 is 6.29 Å². The Morgan fingerprint density at radius 1 is 1.03 bits per heavy atom. The Morgan fingerprint density at radius 3 is 2.50 bits per heavy atom. The molecular weight excluding hydrogens is 901 g/mol. The fraction of sp³-hybridized carbons (Fsp3) is 0.565. The topological polar surface area (TPSA) is 161 Å². The lowest BCUT2D eigenvalue weighted by molar-refractivity contribution is -0.195. The molecular formula is C62H86N2O8. The number of benzene rings is 2. The van der Waals surface area contributed by atoms with E-state index >= 15 is 0 Å². The lowest BCUT2D eigenvalue weighted by Gasteiger charge is -2.61. The third-order valence-corrected chi connectivity index (χ3v) is 17.6. The lowest BCUT2D eigenvalue weighted by atomic mass is 9.45. The van der Waals surface area contributed by atoms with E-state index in [1.165, 1.54) is 16.7 Å². The van der Waals surface area contributed by atoms with Gasteiger partial charge in [-0.2, -0.15) is 0 Å². The summed E-state index contributed by atoms with van der Waals surface area (Å²) < 4.78 is 12.1. The first-order chi connectivity index (χ1) is 34.5. The molecule has 2 saturated carbocycles. The Bertz CT molecular complexity index is 2350. The number of aldehydes is 1. The summed E-state index contributed by atoms with van der Waals surface area (Å²) >= 11 is 0. The van der Waals surface area contributed by atoms with Crippen LogP contribution >= 0.6 is 0 Å². The molecule has 7 rings (SSSR count). The van der Waals surface area contributed by atoms with Gasteiger partial charge in [-0.1, -0.05) is 135 Å². The highest BCUT2D eigenvalue weighted by atomic mass is 16.6. The van der Waals surface area contributed by atoms with Gasteiger partial charge in [0.05, 0.1) is 11.7 Å². The predicted molar refractivity (Wildman–Crippen MR) is 288 cm³/mol. The standard InChI is InChI=1S/C62H86N2O8/c1-40(2)49-26-27-54(72-59(49)69)52(53-28-30-62(57(53)67)56-46(29-34-65)22-23-48(55(56)43(5)39-66)38-61(62,70)31-33-63-7)19-12-14-41(3)50-24-20-42(4)58(68)64-60(6,32-35-71-8)37-45-17-13-18-47(36-45)51(50)25-21-44-15-10-9-11-16-44/h9-20,22-23,26-27,36,39-40,46,48-51,53-54,56-59,63-65,67-70H,3,21,24-25,28-35,37-38H2,1-2,4-8H3. The van der Waals surface area contributed by atoms with Crippen LogP contribution in [-0.4, -0.2) is 102 Å². The van der Waals surface area contributed by atoms with Crippen LogP contribution in [-0.2, 0) is 27.1 Å². The summed E-state index contributed by atoms with van der Waals surface area (Å²) in [4.78, 5) is 12.7. The summed E-state index contributed by atoms with van der Waals surface area (Å²) in [5.41, 5.74) is 5.07. The van der Waals surface area contributed by atoms with Crippen molar-refractivity contribution in [3.63, 3.8) is 0 Å². The van der Waals surface area contributed by atoms with Gasteiger partial charge in [0.2, 0.25) is 0 Å². The number of hydrogen-bond acceptors (Lipinski definition) is 10. The Kier molecular flexibility index (Phi) is 19.0. The SMILES string of the molecule is C=C(C=CC=C(C1C=CC(C(C)C)C(O)O1)C1CCC2(C1O)C1C(=C(C)C=O)C(C=CC1CCO)CC2(O)CCNC)C1CC=C(C)C(O)NC(C)(CCOC)Cc2cccc(c2)C1CCc1ccccc1. The van der Waals surface area contributed by atoms with Crippen molar-refractivity contribution in [1.82, 2.24) is 10.6 Å². The first-order valence-corrected chi connectivity index (χ1v) is 26.9. The monoisotopic (exact) mass is 987 g/mol. The maximum absolute atomic E-state index is 13.4. The fourth-order valence-electron chi connectivity index (χ4n) is 13.7. The van der Waals surface area contributed by atoms with Gasteiger partial charge < -0.3 is 40.3 Å². The summed E-state index contributed by atoms with van der Waals surface area (Å²) in [5.74, 6) is -1.27. The zero-order valence-electron chi connectivity index (χ0n) is 44.2. The number of aryl methyl sites for hydroxylation is 1. The molecule has 14 unspecified atom stereocenters. The van der Waals surface area contributed by atoms with Crippen molar-refractivity contribution in [3.8, 4) is 0 Å². The van der Waals surface area contributed by atoms with E-state index in [4.69, 9.17) is 16.1 Å². The molecule has 0 saturated heterocycles. The number of hydrogen-bond donors (Lipinski definition) is 7. The van der Waals surface area contributed by atoms with Crippen LogP contribution in [0.15, 0.2) is 138 Å². The van der Waals surface area contributed by atoms with Gasteiger partial charge in [0.25, 0.3) is 0 Å². The first kappa shape index (κ1) is 55.7. The van der Waals surface area contributed by atoms with Crippen LogP contribution in [0.5, 0.6) is 0 Å². The van der Waals surface area contributed by atoms with Crippen molar-refractivity contribution in [2.45, 2.75) is 141 Å². The second-order valence-corrected chi connectivity index (χ2v) is 22.6. The first-order valence-electron chi connectivity index (χ1n) is 26.9. The second kappa shape index (κ2) is 24.5. The number of fused-ring (bicyclic) bond motifs is 5. The van der Waals surface area contributed by atoms with Crippen molar-refractivity contribution in [1.29, 1.82) is 0 Å². The number of carbonyl (C=O) groups is 1. The van der Waals surface area contributed by atoms with Crippen LogP contribution in [0.1, 0.15) is 109 Å². The lowest BCUT2D eigenvalue weighted by Crippen LogP contribution is -2.65. The number of aliphatic hydroxyl groups is 5. The van der Waals surface area contributed by atoms with E-state index in [0.717, 1.165) is 47.8 Å². The second-order valence-electron chi connectivity index (χ2n) is 22.6. The van der Waals surface area contributed by atoms with Gasteiger partial charge in [-0.15, -0.1) is 0 Å². The van der Waals surface area contributed by atoms with Crippen LogP contribution in [0.3, 0.4) is 0 Å². The number of rotatable bonds is 18. The molecule has 5 aliphatic rings. The average Bonchev–Trinajstić information content (AvgIpc) is 3.71. The largest absolute Gasteiger partial charge is 0.396 e. The maximum Gasteiger partial charge on any atom is 0.162 e. The Morgan fingerprint density at radius 2 is 1.81 bits per heavy atom. The fourth-order valence-corrected chi connectivity index (χ4v) is 13.7. The molecule has 2 fully saturated rings. The Balaban J connectivity index is 1.32. The predicted octanol–water partition coefficient (Wildman–Crippen LogP) is 9.02. The summed E-state index contributed by atoms with van der Waals surface area (Å²) in [5, 5.41) is 67.1. The van der Waals surface area contributed by atoms with Crippen molar-refractivity contribution in [2.75, 3.05) is 33.9 Å². The molecule has 1 spiro atoms. The van der Waals surface area contributed by atoms with E-state index in [1.54, 1.807) is 7.11 Å². The molecule has 3 aliphatic carbocycles. The number of aliphatic hydroxyl groups excluding tert-OH is 4. The zero-order chi connectivity index (χ0) is 51.8. The smallest absolute Gasteiger partial charge is 0.162 e. The van der Waals surface area contributed by atoms with Crippen LogP contribution in [0.2, 0.25) is 0 Å². The highest BCUT2D eigenvalue weighted by Gasteiger charge is 2.69. The quantitative estimate of drug-likeness (QED) is 0.0333.